The van der Waals surface area contributed by atoms with Crippen molar-refractivity contribution in [2.24, 2.45) is 40.9 Å². The molecule has 1 heterocycles. The highest BCUT2D eigenvalue weighted by Crippen LogP contribution is 2.64. The molecule has 8 atom stereocenters. The smallest absolute Gasteiger partial charge is 0.150 e. The number of ketones is 1. The maximum absolute atomic E-state index is 13.3. The summed E-state index contributed by atoms with van der Waals surface area (Å²) in [7, 11) is 0. The van der Waals surface area contributed by atoms with Crippen LogP contribution in [0.1, 0.15) is 71.6 Å². The number of carbonyl (C=O) groups is 1. The van der Waals surface area contributed by atoms with Gasteiger partial charge < -0.3 is 9.84 Å². The Morgan fingerprint density at radius 1 is 0.966 bits per heavy atom. The van der Waals surface area contributed by atoms with Crippen molar-refractivity contribution in [2.75, 3.05) is 32.8 Å². The van der Waals surface area contributed by atoms with Gasteiger partial charge >= 0.3 is 0 Å². The average molecular weight is 404 g/mol. The fourth-order valence-electron chi connectivity index (χ4n) is 8.70. The molecule has 0 amide bonds. The van der Waals surface area contributed by atoms with Crippen LogP contribution in [-0.2, 0) is 9.53 Å². The monoisotopic (exact) mass is 403 g/mol. The van der Waals surface area contributed by atoms with E-state index in [1.54, 1.807) is 0 Å². The Kier molecular flexibility index (Phi) is 5.36. The van der Waals surface area contributed by atoms with Crippen LogP contribution in [0.15, 0.2) is 0 Å². The number of fused-ring (bicyclic) bond motifs is 5. The molecular weight excluding hydrogens is 362 g/mol. The Morgan fingerprint density at radius 2 is 1.72 bits per heavy atom. The van der Waals surface area contributed by atoms with Crippen molar-refractivity contribution in [3.8, 4) is 0 Å². The Bertz CT molecular complexity index is 628. The number of ether oxygens (including phenoxy) is 1. The molecule has 1 N–H and O–H groups in total. The molecule has 4 heteroatoms. The van der Waals surface area contributed by atoms with Crippen molar-refractivity contribution in [1.82, 2.24) is 4.90 Å². The van der Waals surface area contributed by atoms with E-state index in [-0.39, 0.29) is 11.3 Å². The molecule has 164 valence electrons. The van der Waals surface area contributed by atoms with Gasteiger partial charge in [-0.05, 0) is 99.7 Å². The molecule has 4 saturated carbocycles. The summed E-state index contributed by atoms with van der Waals surface area (Å²) in [4.78, 5) is 15.6. The summed E-state index contributed by atoms with van der Waals surface area (Å²) in [6, 6.07) is 0. The third kappa shape index (κ3) is 3.61. The van der Waals surface area contributed by atoms with Crippen LogP contribution in [0, 0.1) is 40.9 Å². The predicted octanol–water partition coefficient (Wildman–Crippen LogP) is 3.91. The first kappa shape index (κ1) is 20.5. The second kappa shape index (κ2) is 7.60. The van der Waals surface area contributed by atoms with E-state index in [0.29, 0.717) is 12.3 Å². The van der Waals surface area contributed by atoms with Crippen LogP contribution < -0.4 is 0 Å². The minimum atomic E-state index is -0.429. The highest BCUT2D eigenvalue weighted by Gasteiger charge is 2.58. The maximum Gasteiger partial charge on any atom is 0.150 e. The van der Waals surface area contributed by atoms with Gasteiger partial charge in [-0.2, -0.15) is 0 Å². The van der Waals surface area contributed by atoms with Gasteiger partial charge in [-0.15, -0.1) is 0 Å². The van der Waals surface area contributed by atoms with Crippen LogP contribution in [0.3, 0.4) is 0 Å². The van der Waals surface area contributed by atoms with E-state index >= 15 is 0 Å². The standard InChI is InChI=1S/C25H41NO3/c1-24(28)9-7-18-17(15-24)3-4-20-19(18)8-10-25(2)21(20)5-6-22(25)23(27)16-26-11-13-29-14-12-26/h17-22,28H,3-16H2,1-2H3. The molecule has 29 heavy (non-hydrogen) atoms. The molecule has 0 bridgehead atoms. The van der Waals surface area contributed by atoms with Gasteiger partial charge in [-0.25, -0.2) is 0 Å². The van der Waals surface area contributed by atoms with E-state index in [9.17, 15) is 9.90 Å². The first-order valence-electron chi connectivity index (χ1n) is 12.4. The highest BCUT2D eigenvalue weighted by molar-refractivity contribution is 5.84. The molecular formula is C25H41NO3. The summed E-state index contributed by atoms with van der Waals surface area (Å²) in [5.41, 5.74) is -0.195. The Labute approximate surface area is 176 Å². The Hall–Kier alpha value is -0.450. The first-order valence-corrected chi connectivity index (χ1v) is 12.4. The van der Waals surface area contributed by atoms with Gasteiger partial charge in [0.25, 0.3) is 0 Å². The summed E-state index contributed by atoms with van der Waals surface area (Å²) < 4.78 is 5.46. The lowest BCUT2D eigenvalue weighted by Crippen LogP contribution is -2.51. The predicted molar refractivity (Wildman–Crippen MR) is 113 cm³/mol. The number of hydrogen-bond donors (Lipinski definition) is 1. The zero-order valence-corrected chi connectivity index (χ0v) is 18.6. The van der Waals surface area contributed by atoms with Gasteiger partial charge in [-0.3, -0.25) is 9.69 Å². The van der Waals surface area contributed by atoms with E-state index in [0.717, 1.165) is 75.2 Å². The number of Topliss-reactive ketones (excluding diaryl/α,β-unsaturated/α-hetero) is 1. The largest absolute Gasteiger partial charge is 0.390 e. The Morgan fingerprint density at radius 3 is 2.52 bits per heavy atom. The van der Waals surface area contributed by atoms with Crippen molar-refractivity contribution in [2.45, 2.75) is 77.2 Å². The third-order valence-corrected chi connectivity index (χ3v) is 10.1. The molecule has 0 spiro atoms. The van der Waals surface area contributed by atoms with Crippen LogP contribution in [-0.4, -0.2) is 54.2 Å². The van der Waals surface area contributed by atoms with Crippen LogP contribution in [0.5, 0.6) is 0 Å². The number of hydrogen-bond acceptors (Lipinski definition) is 4. The second-order valence-corrected chi connectivity index (χ2v) is 11.7. The first-order chi connectivity index (χ1) is 13.9. The van der Waals surface area contributed by atoms with E-state index in [1.807, 2.05) is 0 Å². The molecule has 5 aliphatic rings. The fourth-order valence-corrected chi connectivity index (χ4v) is 8.70. The van der Waals surface area contributed by atoms with Crippen molar-refractivity contribution < 1.29 is 14.6 Å². The minimum Gasteiger partial charge on any atom is -0.390 e. The maximum atomic E-state index is 13.3. The molecule has 5 fully saturated rings. The average Bonchev–Trinajstić information content (AvgIpc) is 3.05. The van der Waals surface area contributed by atoms with Gasteiger partial charge in [0, 0.05) is 19.0 Å². The molecule has 0 radical (unpaired) electrons. The van der Waals surface area contributed by atoms with E-state index in [2.05, 4.69) is 18.7 Å². The fraction of sp³-hybridized carbons (Fsp3) is 0.960. The number of aliphatic hydroxyl groups is 1. The zero-order valence-electron chi connectivity index (χ0n) is 18.6. The summed E-state index contributed by atoms with van der Waals surface area (Å²) in [5, 5.41) is 10.6. The Balaban J connectivity index is 1.28. The van der Waals surface area contributed by atoms with E-state index < -0.39 is 5.60 Å². The van der Waals surface area contributed by atoms with E-state index in [1.165, 1.54) is 38.5 Å². The molecule has 0 aromatic heterocycles. The zero-order chi connectivity index (χ0) is 20.2. The molecule has 1 aliphatic heterocycles. The van der Waals surface area contributed by atoms with Gasteiger partial charge in [0.15, 0.2) is 0 Å². The number of nitrogens with zero attached hydrogens (tertiary/aromatic N) is 1. The number of rotatable bonds is 3. The van der Waals surface area contributed by atoms with Crippen LogP contribution in [0.4, 0.5) is 0 Å². The topological polar surface area (TPSA) is 49.8 Å². The highest BCUT2D eigenvalue weighted by atomic mass is 16.5. The SMILES string of the molecule is CC1(O)CCC2C(CCC3C2CCC2(C)C(C(=O)CN4CCOCC4)CCC32)C1. The van der Waals surface area contributed by atoms with Gasteiger partial charge in [0.05, 0.1) is 25.4 Å². The lowest BCUT2D eigenvalue weighted by Gasteiger charge is -2.57. The van der Waals surface area contributed by atoms with Crippen LogP contribution >= 0.6 is 0 Å². The number of morpholine rings is 1. The third-order valence-electron chi connectivity index (χ3n) is 10.1. The van der Waals surface area contributed by atoms with Crippen LogP contribution in [0.2, 0.25) is 0 Å². The number of carbonyl (C=O) groups excluding carboxylic acids is 1. The lowest BCUT2D eigenvalue weighted by molar-refractivity contribution is -0.134. The summed E-state index contributed by atoms with van der Waals surface area (Å²) >= 11 is 0. The molecule has 0 aromatic rings. The van der Waals surface area contributed by atoms with E-state index in [4.69, 9.17) is 4.74 Å². The summed E-state index contributed by atoms with van der Waals surface area (Å²) in [6.45, 7) is 8.54. The second-order valence-electron chi connectivity index (χ2n) is 11.7. The van der Waals surface area contributed by atoms with Crippen LogP contribution in [0.25, 0.3) is 0 Å². The van der Waals surface area contributed by atoms with Crippen molar-refractivity contribution in [3.63, 3.8) is 0 Å². The van der Waals surface area contributed by atoms with Gasteiger partial charge in [-0.1, -0.05) is 6.92 Å². The lowest BCUT2D eigenvalue weighted by atomic mass is 9.49. The van der Waals surface area contributed by atoms with Crippen molar-refractivity contribution in [1.29, 1.82) is 0 Å². The molecule has 4 aliphatic carbocycles. The molecule has 8 unspecified atom stereocenters. The normalized spacial score (nSPS) is 50.4. The van der Waals surface area contributed by atoms with Gasteiger partial charge in [0.1, 0.15) is 5.78 Å². The molecule has 4 nitrogen and oxygen atoms in total. The van der Waals surface area contributed by atoms with Crippen molar-refractivity contribution >= 4 is 5.78 Å². The molecule has 5 rings (SSSR count). The van der Waals surface area contributed by atoms with Gasteiger partial charge in [0.2, 0.25) is 0 Å². The summed E-state index contributed by atoms with van der Waals surface area (Å²) in [5.74, 6) is 4.81. The molecule has 0 aromatic carbocycles. The minimum absolute atomic E-state index is 0.234. The summed E-state index contributed by atoms with van der Waals surface area (Å²) in [6.07, 6.45) is 10.8. The van der Waals surface area contributed by atoms with Crippen molar-refractivity contribution in [3.05, 3.63) is 0 Å². The molecule has 1 saturated heterocycles. The quantitative estimate of drug-likeness (QED) is 0.776.